The Morgan fingerprint density at radius 3 is 2.63 bits per heavy atom. The number of benzene rings is 1. The SMILES string of the molecule is CCC1(O)CN(C(=O)c2ccccc2NC(C)C)C1. The Hall–Kier alpha value is -1.55. The maximum Gasteiger partial charge on any atom is 0.256 e. The summed E-state index contributed by atoms with van der Waals surface area (Å²) in [5.41, 5.74) is 0.847. The molecule has 0 radical (unpaired) electrons. The van der Waals surface area contributed by atoms with Gasteiger partial charge in [0.05, 0.1) is 24.3 Å². The van der Waals surface area contributed by atoms with Crippen LogP contribution in [0.3, 0.4) is 0 Å². The second-order valence-corrected chi connectivity index (χ2v) is 5.58. The van der Waals surface area contributed by atoms with Gasteiger partial charge >= 0.3 is 0 Å². The molecule has 2 N–H and O–H groups in total. The lowest BCUT2D eigenvalue weighted by atomic mass is 9.90. The van der Waals surface area contributed by atoms with Crippen LogP contribution in [0, 0.1) is 0 Å². The number of likely N-dealkylation sites (tertiary alicyclic amines) is 1. The van der Waals surface area contributed by atoms with E-state index in [0.717, 1.165) is 5.69 Å². The Bertz CT molecular complexity index is 465. The molecule has 1 aliphatic rings. The van der Waals surface area contributed by atoms with Crippen LogP contribution in [-0.2, 0) is 0 Å². The zero-order chi connectivity index (χ0) is 14.0. The number of β-amino-alcohol motifs (C(OH)–C–C–N with tert-alkyl or cyclic N) is 1. The number of aliphatic hydroxyl groups is 1. The quantitative estimate of drug-likeness (QED) is 0.873. The summed E-state index contributed by atoms with van der Waals surface area (Å²) in [6.07, 6.45) is 0.683. The molecule has 1 aliphatic heterocycles. The van der Waals surface area contributed by atoms with Gasteiger partial charge in [0.15, 0.2) is 0 Å². The summed E-state index contributed by atoms with van der Waals surface area (Å²) in [5.74, 6) is -0.0122. The lowest BCUT2D eigenvalue weighted by Gasteiger charge is -2.46. The van der Waals surface area contributed by atoms with Gasteiger partial charge in [-0.2, -0.15) is 0 Å². The van der Waals surface area contributed by atoms with Crippen molar-refractivity contribution in [2.24, 2.45) is 0 Å². The van der Waals surface area contributed by atoms with Crippen LogP contribution >= 0.6 is 0 Å². The Balaban J connectivity index is 2.12. The van der Waals surface area contributed by atoms with Gasteiger partial charge in [-0.05, 0) is 32.4 Å². The molecule has 0 aliphatic carbocycles. The normalized spacial score (nSPS) is 17.2. The first-order valence-corrected chi connectivity index (χ1v) is 6.82. The zero-order valence-electron chi connectivity index (χ0n) is 11.8. The monoisotopic (exact) mass is 262 g/mol. The predicted octanol–water partition coefficient (Wildman–Crippen LogP) is 2.10. The maximum atomic E-state index is 12.4. The highest BCUT2D eigenvalue weighted by atomic mass is 16.3. The number of nitrogens with zero attached hydrogens (tertiary/aromatic N) is 1. The molecule has 0 saturated carbocycles. The van der Waals surface area contributed by atoms with Gasteiger partial charge in [-0.15, -0.1) is 0 Å². The maximum absolute atomic E-state index is 12.4. The van der Waals surface area contributed by atoms with Crippen molar-refractivity contribution < 1.29 is 9.90 Å². The van der Waals surface area contributed by atoms with Crippen molar-refractivity contribution in [3.63, 3.8) is 0 Å². The van der Waals surface area contributed by atoms with E-state index in [1.165, 1.54) is 0 Å². The summed E-state index contributed by atoms with van der Waals surface area (Å²) in [7, 11) is 0. The molecule has 1 heterocycles. The van der Waals surface area contributed by atoms with Crippen LogP contribution in [0.1, 0.15) is 37.6 Å². The number of anilines is 1. The van der Waals surface area contributed by atoms with Crippen molar-refractivity contribution >= 4 is 11.6 Å². The number of para-hydroxylation sites is 1. The van der Waals surface area contributed by atoms with Crippen molar-refractivity contribution in [1.29, 1.82) is 0 Å². The van der Waals surface area contributed by atoms with Gasteiger partial charge in [-0.1, -0.05) is 19.1 Å². The Labute approximate surface area is 114 Å². The first kappa shape index (κ1) is 13.9. The summed E-state index contributed by atoms with van der Waals surface area (Å²) >= 11 is 0. The van der Waals surface area contributed by atoms with Gasteiger partial charge in [0.25, 0.3) is 5.91 Å². The standard InChI is InChI=1S/C15H22N2O2/c1-4-15(19)9-17(10-15)14(18)12-7-5-6-8-13(12)16-11(2)3/h5-8,11,16,19H,4,9-10H2,1-3H3. The largest absolute Gasteiger partial charge is 0.386 e. The molecule has 2 rings (SSSR count). The highest BCUT2D eigenvalue weighted by molar-refractivity contribution is 6.00. The van der Waals surface area contributed by atoms with Gasteiger partial charge in [-0.3, -0.25) is 4.79 Å². The van der Waals surface area contributed by atoms with Crippen molar-refractivity contribution in [3.05, 3.63) is 29.8 Å². The van der Waals surface area contributed by atoms with E-state index in [1.807, 2.05) is 45.0 Å². The van der Waals surface area contributed by atoms with Crippen LogP contribution in [0.15, 0.2) is 24.3 Å². The number of amides is 1. The molecular formula is C15H22N2O2. The predicted molar refractivity (Wildman–Crippen MR) is 76.3 cm³/mol. The molecule has 1 fully saturated rings. The molecule has 4 heteroatoms. The molecule has 0 spiro atoms. The molecule has 0 aromatic heterocycles. The van der Waals surface area contributed by atoms with Crippen molar-refractivity contribution in [3.8, 4) is 0 Å². The molecular weight excluding hydrogens is 240 g/mol. The molecule has 1 aromatic rings. The summed E-state index contributed by atoms with van der Waals surface area (Å²) < 4.78 is 0. The molecule has 1 saturated heterocycles. The number of hydrogen-bond acceptors (Lipinski definition) is 3. The minimum Gasteiger partial charge on any atom is -0.386 e. The average Bonchev–Trinajstić information content (AvgIpc) is 2.34. The van der Waals surface area contributed by atoms with Gasteiger partial charge < -0.3 is 15.3 Å². The molecule has 4 nitrogen and oxygen atoms in total. The van der Waals surface area contributed by atoms with Gasteiger partial charge in [0.2, 0.25) is 0 Å². The molecule has 0 bridgehead atoms. The molecule has 1 aromatic carbocycles. The number of carbonyl (C=O) groups is 1. The highest BCUT2D eigenvalue weighted by Crippen LogP contribution is 2.27. The minimum absolute atomic E-state index is 0.0122. The zero-order valence-corrected chi connectivity index (χ0v) is 11.8. The van der Waals surface area contributed by atoms with E-state index in [4.69, 9.17) is 0 Å². The van der Waals surface area contributed by atoms with Crippen LogP contribution in [0.25, 0.3) is 0 Å². The van der Waals surface area contributed by atoms with Gasteiger partial charge in [0.1, 0.15) is 0 Å². The third-order valence-corrected chi connectivity index (χ3v) is 3.52. The van der Waals surface area contributed by atoms with Crippen LogP contribution in [0.2, 0.25) is 0 Å². The van der Waals surface area contributed by atoms with Crippen LogP contribution in [0.5, 0.6) is 0 Å². The van der Waals surface area contributed by atoms with E-state index >= 15 is 0 Å². The van der Waals surface area contributed by atoms with Crippen molar-refractivity contribution in [2.75, 3.05) is 18.4 Å². The molecule has 104 valence electrons. The fourth-order valence-electron chi connectivity index (χ4n) is 2.31. The number of nitrogens with one attached hydrogen (secondary N) is 1. The molecule has 1 amide bonds. The van der Waals surface area contributed by atoms with E-state index in [1.54, 1.807) is 4.90 Å². The van der Waals surface area contributed by atoms with Gasteiger partial charge in [-0.25, -0.2) is 0 Å². The molecule has 0 atom stereocenters. The second kappa shape index (κ2) is 5.21. The highest BCUT2D eigenvalue weighted by Gasteiger charge is 2.42. The average molecular weight is 262 g/mol. The van der Waals surface area contributed by atoms with Gasteiger partial charge in [0, 0.05) is 11.7 Å². The fourth-order valence-corrected chi connectivity index (χ4v) is 2.31. The first-order valence-electron chi connectivity index (χ1n) is 6.82. The summed E-state index contributed by atoms with van der Waals surface area (Å²) in [6.45, 7) is 6.88. The van der Waals surface area contributed by atoms with E-state index in [9.17, 15) is 9.90 Å². The third kappa shape index (κ3) is 2.89. The lowest BCUT2D eigenvalue weighted by molar-refractivity contribution is -0.0826. The summed E-state index contributed by atoms with van der Waals surface area (Å²) in [6, 6.07) is 7.80. The number of rotatable bonds is 4. The second-order valence-electron chi connectivity index (χ2n) is 5.58. The van der Waals surface area contributed by atoms with Crippen LogP contribution < -0.4 is 5.32 Å². The number of hydrogen-bond donors (Lipinski definition) is 2. The number of carbonyl (C=O) groups excluding carboxylic acids is 1. The Morgan fingerprint density at radius 2 is 2.05 bits per heavy atom. The first-order chi connectivity index (χ1) is 8.95. The van der Waals surface area contributed by atoms with Crippen LogP contribution in [0.4, 0.5) is 5.69 Å². The molecule has 0 unspecified atom stereocenters. The lowest BCUT2D eigenvalue weighted by Crippen LogP contribution is -2.63. The minimum atomic E-state index is -0.684. The van der Waals surface area contributed by atoms with E-state index < -0.39 is 5.60 Å². The van der Waals surface area contributed by atoms with E-state index in [2.05, 4.69) is 5.32 Å². The summed E-state index contributed by atoms with van der Waals surface area (Å²) in [5, 5.41) is 13.3. The Kier molecular flexibility index (Phi) is 3.80. The van der Waals surface area contributed by atoms with Crippen molar-refractivity contribution in [2.45, 2.75) is 38.8 Å². The summed E-state index contributed by atoms with van der Waals surface area (Å²) in [4.78, 5) is 14.1. The topological polar surface area (TPSA) is 52.6 Å². The van der Waals surface area contributed by atoms with E-state index in [0.29, 0.717) is 25.1 Å². The Morgan fingerprint density at radius 1 is 1.42 bits per heavy atom. The molecule has 19 heavy (non-hydrogen) atoms. The fraction of sp³-hybridized carbons (Fsp3) is 0.533. The van der Waals surface area contributed by atoms with Crippen LogP contribution in [-0.4, -0.2) is 40.6 Å². The van der Waals surface area contributed by atoms with E-state index in [-0.39, 0.29) is 11.9 Å². The third-order valence-electron chi connectivity index (χ3n) is 3.52. The smallest absolute Gasteiger partial charge is 0.256 e. The van der Waals surface area contributed by atoms with Crippen molar-refractivity contribution in [1.82, 2.24) is 4.90 Å².